The lowest BCUT2D eigenvalue weighted by atomic mass is 10.1. The number of para-hydroxylation sites is 1. The van der Waals surface area contributed by atoms with Crippen LogP contribution in [0.1, 0.15) is 15.9 Å². The highest BCUT2D eigenvalue weighted by molar-refractivity contribution is 6.02. The van der Waals surface area contributed by atoms with Crippen molar-refractivity contribution in [3.63, 3.8) is 0 Å². The molecule has 4 aromatic rings. The van der Waals surface area contributed by atoms with E-state index in [0.717, 1.165) is 16.3 Å². The lowest BCUT2D eigenvalue weighted by Crippen LogP contribution is -2.25. The minimum Gasteiger partial charge on any atom is -0.483 e. The number of benzene rings is 4. The molecule has 0 heterocycles. The normalized spacial score (nSPS) is 10.5. The van der Waals surface area contributed by atoms with E-state index in [1.54, 1.807) is 24.3 Å². The topological polar surface area (TPSA) is 67.4 Å². The van der Waals surface area contributed by atoms with Crippen molar-refractivity contribution in [2.45, 2.75) is 6.54 Å². The van der Waals surface area contributed by atoms with E-state index in [2.05, 4.69) is 10.6 Å². The van der Waals surface area contributed by atoms with E-state index in [4.69, 9.17) is 4.74 Å². The van der Waals surface area contributed by atoms with Crippen LogP contribution in [0, 0.1) is 0 Å². The molecule has 5 heteroatoms. The van der Waals surface area contributed by atoms with E-state index in [0.29, 0.717) is 23.5 Å². The number of fused-ring (bicyclic) bond motifs is 1. The third kappa shape index (κ3) is 5.28. The Labute approximate surface area is 180 Å². The maximum atomic E-state index is 12.9. The number of carbonyl (C=O) groups is 2. The molecular formula is C26H22N2O3. The van der Waals surface area contributed by atoms with Crippen LogP contribution in [0.2, 0.25) is 0 Å². The lowest BCUT2D eigenvalue weighted by molar-refractivity contribution is -0.118. The standard InChI is InChI=1S/C26H22N2O3/c29-25(28-22-13-5-2-6-14-22)18-31-24-16-21-12-8-7-11-20(21)15-23(24)26(30)27-17-19-9-3-1-4-10-19/h1-16H,17-18H2,(H,27,30)(H,28,29). The zero-order valence-corrected chi connectivity index (χ0v) is 16.9. The average molecular weight is 410 g/mol. The third-order valence-electron chi connectivity index (χ3n) is 4.80. The van der Waals surface area contributed by atoms with Gasteiger partial charge in [0.15, 0.2) is 6.61 Å². The number of rotatable bonds is 7. The molecule has 0 radical (unpaired) electrons. The molecule has 0 aliphatic heterocycles. The molecule has 0 atom stereocenters. The van der Waals surface area contributed by atoms with Gasteiger partial charge in [0.05, 0.1) is 5.56 Å². The maximum absolute atomic E-state index is 12.9. The Balaban J connectivity index is 1.51. The number of amides is 2. The van der Waals surface area contributed by atoms with Crippen LogP contribution in [0.5, 0.6) is 5.75 Å². The van der Waals surface area contributed by atoms with Crippen molar-refractivity contribution in [1.29, 1.82) is 0 Å². The molecule has 0 bridgehead atoms. The zero-order valence-electron chi connectivity index (χ0n) is 16.9. The Kier molecular flexibility index (Phi) is 6.24. The lowest BCUT2D eigenvalue weighted by Gasteiger charge is -2.14. The second kappa shape index (κ2) is 9.59. The van der Waals surface area contributed by atoms with Crippen LogP contribution in [-0.2, 0) is 11.3 Å². The van der Waals surface area contributed by atoms with Gasteiger partial charge in [-0.25, -0.2) is 0 Å². The molecule has 0 unspecified atom stereocenters. The summed E-state index contributed by atoms with van der Waals surface area (Å²) in [5.74, 6) is -0.185. The summed E-state index contributed by atoms with van der Waals surface area (Å²) in [6, 6.07) is 30.2. The molecule has 154 valence electrons. The molecule has 2 N–H and O–H groups in total. The highest BCUT2D eigenvalue weighted by Gasteiger charge is 2.15. The average Bonchev–Trinajstić information content (AvgIpc) is 2.82. The summed E-state index contributed by atoms with van der Waals surface area (Å²) in [4.78, 5) is 25.2. The maximum Gasteiger partial charge on any atom is 0.262 e. The van der Waals surface area contributed by atoms with Gasteiger partial charge in [0.25, 0.3) is 11.8 Å². The fourth-order valence-corrected chi connectivity index (χ4v) is 3.25. The summed E-state index contributed by atoms with van der Waals surface area (Å²) in [5.41, 5.74) is 2.08. The molecule has 0 fully saturated rings. The van der Waals surface area contributed by atoms with Crippen molar-refractivity contribution >= 4 is 28.3 Å². The predicted octanol–water partition coefficient (Wildman–Crippen LogP) is 4.79. The first kappa shape index (κ1) is 20.2. The monoisotopic (exact) mass is 410 g/mol. The van der Waals surface area contributed by atoms with Crippen molar-refractivity contribution in [2.24, 2.45) is 0 Å². The summed E-state index contributed by atoms with van der Waals surface area (Å²) in [6.45, 7) is 0.201. The van der Waals surface area contributed by atoms with E-state index in [-0.39, 0.29) is 18.4 Å². The number of carbonyl (C=O) groups excluding carboxylic acids is 2. The Hall–Kier alpha value is -4.12. The minimum atomic E-state index is -0.296. The van der Waals surface area contributed by atoms with Gasteiger partial charge in [0.2, 0.25) is 0 Å². The van der Waals surface area contributed by atoms with E-state index in [9.17, 15) is 9.59 Å². The molecule has 5 nitrogen and oxygen atoms in total. The minimum absolute atomic E-state index is 0.202. The largest absolute Gasteiger partial charge is 0.483 e. The van der Waals surface area contributed by atoms with Crippen LogP contribution in [0.3, 0.4) is 0 Å². The molecule has 4 aromatic carbocycles. The summed E-state index contributed by atoms with van der Waals surface area (Å²) >= 11 is 0. The first-order valence-corrected chi connectivity index (χ1v) is 10.0. The van der Waals surface area contributed by atoms with Gasteiger partial charge in [-0.1, -0.05) is 72.8 Å². The van der Waals surface area contributed by atoms with Crippen molar-refractivity contribution in [3.8, 4) is 5.75 Å². The highest BCUT2D eigenvalue weighted by atomic mass is 16.5. The van der Waals surface area contributed by atoms with Crippen LogP contribution in [-0.4, -0.2) is 18.4 Å². The van der Waals surface area contributed by atoms with Crippen molar-refractivity contribution in [1.82, 2.24) is 5.32 Å². The van der Waals surface area contributed by atoms with Crippen LogP contribution in [0.25, 0.3) is 10.8 Å². The smallest absolute Gasteiger partial charge is 0.262 e. The number of anilines is 1. The molecule has 0 aliphatic rings. The van der Waals surface area contributed by atoms with Crippen molar-refractivity contribution < 1.29 is 14.3 Å². The summed E-state index contributed by atoms with van der Waals surface area (Å²) in [5, 5.41) is 7.56. The quantitative estimate of drug-likeness (QED) is 0.460. The van der Waals surface area contributed by atoms with Gasteiger partial charge in [-0.3, -0.25) is 9.59 Å². The Morgan fingerprint density at radius 2 is 1.35 bits per heavy atom. The molecule has 31 heavy (non-hydrogen) atoms. The van der Waals surface area contributed by atoms with Crippen LogP contribution < -0.4 is 15.4 Å². The van der Waals surface area contributed by atoms with Gasteiger partial charge in [-0.05, 0) is 40.6 Å². The molecule has 0 saturated carbocycles. The first-order chi connectivity index (χ1) is 15.2. The fourth-order valence-electron chi connectivity index (χ4n) is 3.25. The second-order valence-electron chi connectivity index (χ2n) is 7.07. The number of ether oxygens (including phenoxy) is 1. The van der Waals surface area contributed by atoms with Crippen LogP contribution >= 0.6 is 0 Å². The fraction of sp³-hybridized carbons (Fsp3) is 0.0769. The van der Waals surface area contributed by atoms with Gasteiger partial charge in [-0.15, -0.1) is 0 Å². The molecule has 0 saturated heterocycles. The summed E-state index contributed by atoms with van der Waals surface area (Å²) in [6.07, 6.45) is 0. The van der Waals surface area contributed by atoms with Crippen LogP contribution in [0.15, 0.2) is 97.1 Å². The molecule has 0 aromatic heterocycles. The second-order valence-corrected chi connectivity index (χ2v) is 7.07. The van der Waals surface area contributed by atoms with E-state index >= 15 is 0 Å². The number of hydrogen-bond acceptors (Lipinski definition) is 3. The summed E-state index contributed by atoms with van der Waals surface area (Å²) < 4.78 is 5.78. The predicted molar refractivity (Wildman–Crippen MR) is 122 cm³/mol. The van der Waals surface area contributed by atoms with Crippen molar-refractivity contribution in [2.75, 3.05) is 11.9 Å². The number of hydrogen-bond donors (Lipinski definition) is 2. The molecule has 0 aliphatic carbocycles. The van der Waals surface area contributed by atoms with E-state index in [1.165, 1.54) is 0 Å². The SMILES string of the molecule is O=C(COc1cc2ccccc2cc1C(=O)NCc1ccccc1)Nc1ccccc1. The molecule has 2 amide bonds. The number of nitrogens with one attached hydrogen (secondary N) is 2. The van der Waals surface area contributed by atoms with Gasteiger partial charge >= 0.3 is 0 Å². The summed E-state index contributed by atoms with van der Waals surface area (Å²) in [7, 11) is 0. The highest BCUT2D eigenvalue weighted by Crippen LogP contribution is 2.26. The van der Waals surface area contributed by atoms with Gasteiger partial charge < -0.3 is 15.4 Å². The van der Waals surface area contributed by atoms with E-state index in [1.807, 2.05) is 72.8 Å². The van der Waals surface area contributed by atoms with Gasteiger partial charge in [0, 0.05) is 12.2 Å². The first-order valence-electron chi connectivity index (χ1n) is 10.0. The Morgan fingerprint density at radius 3 is 2.06 bits per heavy atom. The Bertz CT molecular complexity index is 1190. The van der Waals surface area contributed by atoms with Gasteiger partial charge in [0.1, 0.15) is 5.75 Å². The molecular weight excluding hydrogens is 388 g/mol. The molecule has 0 spiro atoms. The zero-order chi connectivity index (χ0) is 21.5. The van der Waals surface area contributed by atoms with Crippen molar-refractivity contribution in [3.05, 3.63) is 108 Å². The van der Waals surface area contributed by atoms with Crippen LogP contribution in [0.4, 0.5) is 5.69 Å². The van der Waals surface area contributed by atoms with E-state index < -0.39 is 0 Å². The third-order valence-corrected chi connectivity index (χ3v) is 4.80. The van der Waals surface area contributed by atoms with Gasteiger partial charge in [-0.2, -0.15) is 0 Å². The molecule has 4 rings (SSSR count). The Morgan fingerprint density at radius 1 is 0.742 bits per heavy atom.